The second-order valence-corrected chi connectivity index (χ2v) is 8.35. The van der Waals surface area contributed by atoms with E-state index >= 15 is 0 Å². The lowest BCUT2D eigenvalue weighted by Crippen LogP contribution is -2.56. The van der Waals surface area contributed by atoms with Crippen LogP contribution in [-0.2, 0) is 22.6 Å². The third-order valence-electron chi connectivity index (χ3n) is 6.01. The van der Waals surface area contributed by atoms with Gasteiger partial charge in [0.05, 0.1) is 5.92 Å². The highest BCUT2D eigenvalue weighted by Gasteiger charge is 2.35. The molecule has 166 valence electrons. The van der Waals surface area contributed by atoms with Crippen molar-refractivity contribution < 1.29 is 19.1 Å². The summed E-state index contributed by atoms with van der Waals surface area (Å²) in [6, 6.07) is 16.5. The number of aliphatic hydroxyl groups is 1. The van der Waals surface area contributed by atoms with Crippen molar-refractivity contribution in [1.82, 2.24) is 9.80 Å². The fraction of sp³-hybridized carbons (Fsp3) is 0.440. The van der Waals surface area contributed by atoms with Crippen LogP contribution in [0.4, 0.5) is 4.39 Å². The zero-order valence-electron chi connectivity index (χ0n) is 18.0. The molecule has 0 unspecified atom stereocenters. The zero-order chi connectivity index (χ0) is 22.2. The average Bonchev–Trinajstić information content (AvgIpc) is 2.78. The predicted octanol–water partition coefficient (Wildman–Crippen LogP) is 3.06. The van der Waals surface area contributed by atoms with Gasteiger partial charge in [-0.1, -0.05) is 42.5 Å². The minimum atomic E-state index is -1.31. The van der Waals surface area contributed by atoms with E-state index in [-0.39, 0.29) is 17.8 Å². The van der Waals surface area contributed by atoms with E-state index in [1.54, 1.807) is 17.0 Å². The van der Waals surface area contributed by atoms with Crippen LogP contribution in [0.3, 0.4) is 0 Å². The predicted molar refractivity (Wildman–Crippen MR) is 118 cm³/mol. The maximum atomic E-state index is 13.2. The molecular weight excluding hydrogens is 395 g/mol. The number of aldehydes is 1. The summed E-state index contributed by atoms with van der Waals surface area (Å²) in [7, 11) is 0. The Balaban J connectivity index is 1.56. The Morgan fingerprint density at radius 3 is 2.48 bits per heavy atom. The molecular formula is C25H31FN2O3. The fourth-order valence-electron chi connectivity index (χ4n) is 4.27. The molecule has 3 rings (SSSR count). The molecule has 0 aliphatic carbocycles. The van der Waals surface area contributed by atoms with Crippen LogP contribution in [0.15, 0.2) is 54.6 Å². The second kappa shape index (κ2) is 11.2. The molecule has 0 bridgehead atoms. The number of hydrogen-bond donors (Lipinski definition) is 1. The maximum absolute atomic E-state index is 13.2. The van der Waals surface area contributed by atoms with Crippen LogP contribution in [-0.4, -0.2) is 58.9 Å². The average molecular weight is 427 g/mol. The highest BCUT2D eigenvalue weighted by atomic mass is 19.1. The second-order valence-electron chi connectivity index (χ2n) is 8.35. The Bertz CT molecular complexity index is 844. The number of carbonyl (C=O) groups excluding carboxylic acids is 2. The number of aliphatic hydroxyl groups excluding tert-OH is 1. The standard InChI is InChI=1S/C25H31FN2O3/c1-19-16-27(17-21-6-3-2-4-7-21)14-15-28(19)25(31)23(24(30)18-29)9-5-8-20-10-12-22(26)13-11-20/h2-4,6-7,10-13,18-19,23-24,30H,5,8-9,14-17H2,1H3/t19-,23+,24+/m0/s1. The lowest BCUT2D eigenvalue weighted by Gasteiger charge is -2.41. The quantitative estimate of drug-likeness (QED) is 0.626. The van der Waals surface area contributed by atoms with Crippen molar-refractivity contribution in [3.8, 4) is 0 Å². The van der Waals surface area contributed by atoms with Gasteiger partial charge in [-0.25, -0.2) is 4.39 Å². The molecule has 1 saturated heterocycles. The molecule has 0 radical (unpaired) electrons. The first-order valence-electron chi connectivity index (χ1n) is 10.9. The normalized spacial score (nSPS) is 19.1. The van der Waals surface area contributed by atoms with Crippen LogP contribution < -0.4 is 0 Å². The van der Waals surface area contributed by atoms with Crippen molar-refractivity contribution in [2.75, 3.05) is 19.6 Å². The molecule has 1 heterocycles. The maximum Gasteiger partial charge on any atom is 0.229 e. The van der Waals surface area contributed by atoms with Crippen molar-refractivity contribution in [2.45, 2.75) is 44.9 Å². The summed E-state index contributed by atoms with van der Waals surface area (Å²) in [5.74, 6) is -1.19. The van der Waals surface area contributed by atoms with Gasteiger partial charge in [0.1, 0.15) is 18.2 Å². The molecule has 1 aliphatic heterocycles. The van der Waals surface area contributed by atoms with Crippen LogP contribution in [0.25, 0.3) is 0 Å². The van der Waals surface area contributed by atoms with Gasteiger partial charge < -0.3 is 14.8 Å². The highest BCUT2D eigenvalue weighted by molar-refractivity contribution is 5.83. The van der Waals surface area contributed by atoms with Gasteiger partial charge in [0.25, 0.3) is 0 Å². The molecule has 5 nitrogen and oxygen atoms in total. The van der Waals surface area contributed by atoms with Crippen LogP contribution in [0.2, 0.25) is 0 Å². The molecule has 1 N–H and O–H groups in total. The Labute approximate surface area is 183 Å². The molecule has 6 heteroatoms. The fourth-order valence-corrected chi connectivity index (χ4v) is 4.27. The van der Waals surface area contributed by atoms with Gasteiger partial charge in [-0.15, -0.1) is 0 Å². The number of rotatable bonds is 9. The van der Waals surface area contributed by atoms with E-state index in [9.17, 15) is 19.1 Å². The molecule has 31 heavy (non-hydrogen) atoms. The summed E-state index contributed by atoms with van der Waals surface area (Å²) >= 11 is 0. The van der Waals surface area contributed by atoms with Crippen LogP contribution in [0.5, 0.6) is 0 Å². The highest BCUT2D eigenvalue weighted by Crippen LogP contribution is 2.21. The zero-order valence-corrected chi connectivity index (χ0v) is 18.0. The van der Waals surface area contributed by atoms with Gasteiger partial charge in [-0.2, -0.15) is 0 Å². The summed E-state index contributed by atoms with van der Waals surface area (Å²) in [6.45, 7) is 4.93. The van der Waals surface area contributed by atoms with Crippen LogP contribution >= 0.6 is 0 Å². The SMILES string of the molecule is C[C@H]1CN(Cc2ccccc2)CCN1C(=O)[C@H](CCCc1ccc(F)cc1)[C@H](O)C=O. The van der Waals surface area contributed by atoms with Crippen molar-refractivity contribution in [3.05, 3.63) is 71.5 Å². The van der Waals surface area contributed by atoms with E-state index in [0.717, 1.165) is 25.2 Å². The van der Waals surface area contributed by atoms with E-state index in [4.69, 9.17) is 0 Å². The number of hydrogen-bond acceptors (Lipinski definition) is 4. The molecule has 2 aromatic rings. The largest absolute Gasteiger partial charge is 0.385 e. The third kappa shape index (κ3) is 6.45. The first-order chi connectivity index (χ1) is 15.0. The number of benzene rings is 2. The van der Waals surface area contributed by atoms with Gasteiger partial charge in [-0.3, -0.25) is 9.69 Å². The van der Waals surface area contributed by atoms with Crippen LogP contribution in [0.1, 0.15) is 30.9 Å². The summed E-state index contributed by atoms with van der Waals surface area (Å²) in [6.07, 6.45) is 0.852. The lowest BCUT2D eigenvalue weighted by atomic mass is 9.92. The van der Waals surface area contributed by atoms with Crippen molar-refractivity contribution >= 4 is 12.2 Å². The van der Waals surface area contributed by atoms with Gasteiger partial charge in [0.15, 0.2) is 0 Å². The summed E-state index contributed by atoms with van der Waals surface area (Å²) in [5.41, 5.74) is 2.21. The lowest BCUT2D eigenvalue weighted by molar-refractivity contribution is -0.146. The number of amides is 1. The van der Waals surface area contributed by atoms with Gasteiger partial charge in [0.2, 0.25) is 5.91 Å². The minimum absolute atomic E-state index is 0.00316. The molecule has 0 aromatic heterocycles. The smallest absolute Gasteiger partial charge is 0.229 e. The number of carbonyl (C=O) groups is 2. The molecule has 1 fully saturated rings. The molecule has 3 atom stereocenters. The Morgan fingerprint density at radius 1 is 1.13 bits per heavy atom. The van der Waals surface area contributed by atoms with E-state index in [1.807, 2.05) is 25.1 Å². The van der Waals surface area contributed by atoms with Crippen molar-refractivity contribution in [3.63, 3.8) is 0 Å². The first kappa shape index (κ1) is 23.1. The van der Waals surface area contributed by atoms with E-state index < -0.39 is 12.0 Å². The number of piperazine rings is 1. The molecule has 0 saturated carbocycles. The Hall–Kier alpha value is -2.57. The third-order valence-corrected chi connectivity index (χ3v) is 6.01. The van der Waals surface area contributed by atoms with Gasteiger partial charge in [-0.05, 0) is 49.4 Å². The summed E-state index contributed by atoms with van der Waals surface area (Å²) in [5, 5.41) is 10.2. The number of halogens is 1. The van der Waals surface area contributed by atoms with Crippen molar-refractivity contribution in [1.29, 1.82) is 0 Å². The topological polar surface area (TPSA) is 60.9 Å². The van der Waals surface area contributed by atoms with Crippen molar-refractivity contribution in [2.24, 2.45) is 5.92 Å². The molecule has 0 spiro atoms. The summed E-state index contributed by atoms with van der Waals surface area (Å²) in [4.78, 5) is 28.6. The Kier molecular flexibility index (Phi) is 8.32. The minimum Gasteiger partial charge on any atom is -0.385 e. The number of aryl methyl sites for hydroxylation is 1. The molecule has 1 aliphatic rings. The van der Waals surface area contributed by atoms with Gasteiger partial charge >= 0.3 is 0 Å². The monoisotopic (exact) mass is 426 g/mol. The van der Waals surface area contributed by atoms with E-state index in [2.05, 4.69) is 17.0 Å². The number of nitrogens with zero attached hydrogens (tertiary/aromatic N) is 2. The summed E-state index contributed by atoms with van der Waals surface area (Å²) < 4.78 is 13.1. The molecule has 1 amide bonds. The van der Waals surface area contributed by atoms with E-state index in [1.165, 1.54) is 17.7 Å². The molecule has 2 aromatic carbocycles. The van der Waals surface area contributed by atoms with E-state index in [0.29, 0.717) is 32.1 Å². The van der Waals surface area contributed by atoms with Gasteiger partial charge in [0, 0.05) is 32.2 Å². The Morgan fingerprint density at radius 2 is 1.84 bits per heavy atom. The first-order valence-corrected chi connectivity index (χ1v) is 10.9. The van der Waals surface area contributed by atoms with Crippen LogP contribution in [0, 0.1) is 11.7 Å².